The SMILES string of the molecule is CC(=O)Nc1ccc(NC(=O)C(C)Sc2cccc(NC(=O)/C(=C\c3ccc(C(C)C)cc3)NC(=O)c3ccccc3)c2)cc1. The summed E-state index contributed by atoms with van der Waals surface area (Å²) in [6.07, 6.45) is 1.65. The van der Waals surface area contributed by atoms with Crippen LogP contribution in [0.3, 0.4) is 0 Å². The van der Waals surface area contributed by atoms with Gasteiger partial charge in [0.25, 0.3) is 11.8 Å². The molecule has 1 atom stereocenters. The molecular formula is C36H36N4O4S. The maximum Gasteiger partial charge on any atom is 0.272 e. The van der Waals surface area contributed by atoms with E-state index in [2.05, 4.69) is 35.1 Å². The average Bonchev–Trinajstić information content (AvgIpc) is 3.02. The van der Waals surface area contributed by atoms with E-state index in [0.29, 0.717) is 28.5 Å². The van der Waals surface area contributed by atoms with Gasteiger partial charge in [-0.3, -0.25) is 19.2 Å². The van der Waals surface area contributed by atoms with Gasteiger partial charge in [-0.2, -0.15) is 0 Å². The number of thioether (sulfide) groups is 1. The Morgan fingerprint density at radius 1 is 0.689 bits per heavy atom. The van der Waals surface area contributed by atoms with Crippen molar-refractivity contribution in [3.8, 4) is 0 Å². The van der Waals surface area contributed by atoms with Crippen LogP contribution >= 0.6 is 11.8 Å². The smallest absolute Gasteiger partial charge is 0.272 e. The van der Waals surface area contributed by atoms with Gasteiger partial charge in [0.05, 0.1) is 5.25 Å². The Morgan fingerprint density at radius 2 is 1.33 bits per heavy atom. The van der Waals surface area contributed by atoms with Crippen LogP contribution in [0.1, 0.15) is 55.1 Å². The molecule has 4 amide bonds. The standard InChI is InChI=1S/C36H36N4O4S/c1-23(2)27-15-13-26(14-16-27)21-33(40-35(43)28-9-6-5-7-10-28)36(44)39-31-11-8-12-32(22-31)45-24(3)34(42)38-30-19-17-29(18-20-30)37-25(4)41/h5-24H,1-4H3,(H,37,41)(H,38,42)(H,39,44)(H,40,43)/b33-21+. The summed E-state index contributed by atoms with van der Waals surface area (Å²) in [7, 11) is 0. The molecule has 0 aromatic heterocycles. The minimum atomic E-state index is -0.483. The summed E-state index contributed by atoms with van der Waals surface area (Å²) in [6.45, 7) is 7.44. The van der Waals surface area contributed by atoms with Crippen molar-refractivity contribution in [2.45, 2.75) is 43.8 Å². The van der Waals surface area contributed by atoms with Gasteiger partial charge < -0.3 is 21.3 Å². The molecule has 0 spiro atoms. The normalized spacial score (nSPS) is 11.8. The van der Waals surface area contributed by atoms with Crippen molar-refractivity contribution in [1.29, 1.82) is 0 Å². The fourth-order valence-corrected chi connectivity index (χ4v) is 5.20. The molecule has 45 heavy (non-hydrogen) atoms. The van der Waals surface area contributed by atoms with Crippen LogP contribution < -0.4 is 21.3 Å². The molecule has 0 saturated carbocycles. The quantitative estimate of drug-likeness (QED) is 0.104. The van der Waals surface area contributed by atoms with E-state index in [1.807, 2.05) is 36.4 Å². The zero-order valence-corrected chi connectivity index (χ0v) is 26.4. The molecule has 230 valence electrons. The summed E-state index contributed by atoms with van der Waals surface area (Å²) in [5.74, 6) is -0.882. The zero-order valence-electron chi connectivity index (χ0n) is 25.6. The maximum absolute atomic E-state index is 13.5. The van der Waals surface area contributed by atoms with E-state index in [1.165, 1.54) is 24.2 Å². The summed E-state index contributed by atoms with van der Waals surface area (Å²) in [4.78, 5) is 51.4. The molecule has 8 nitrogen and oxygen atoms in total. The Bertz CT molecular complexity index is 1680. The Kier molecular flexibility index (Phi) is 11.3. The molecule has 0 fully saturated rings. The van der Waals surface area contributed by atoms with Crippen molar-refractivity contribution in [2.75, 3.05) is 16.0 Å². The minimum Gasteiger partial charge on any atom is -0.326 e. The second-order valence-corrected chi connectivity index (χ2v) is 12.1. The molecule has 4 aromatic carbocycles. The lowest BCUT2D eigenvalue weighted by Crippen LogP contribution is -2.30. The number of amides is 4. The Hall–Kier alpha value is -5.15. The second kappa shape index (κ2) is 15.5. The Balaban J connectivity index is 1.45. The first-order chi connectivity index (χ1) is 21.6. The van der Waals surface area contributed by atoms with Gasteiger partial charge in [-0.15, -0.1) is 11.8 Å². The van der Waals surface area contributed by atoms with Crippen molar-refractivity contribution < 1.29 is 19.2 Å². The number of hydrogen-bond donors (Lipinski definition) is 4. The van der Waals surface area contributed by atoms with E-state index in [9.17, 15) is 19.2 Å². The third-order valence-electron chi connectivity index (χ3n) is 6.69. The van der Waals surface area contributed by atoms with Gasteiger partial charge in [0.2, 0.25) is 11.8 Å². The van der Waals surface area contributed by atoms with Crippen molar-refractivity contribution in [3.05, 3.63) is 126 Å². The summed E-state index contributed by atoms with van der Waals surface area (Å²) in [5.41, 5.74) is 4.23. The fourth-order valence-electron chi connectivity index (χ4n) is 4.27. The molecule has 1 unspecified atom stereocenters. The number of benzene rings is 4. The summed E-state index contributed by atoms with van der Waals surface area (Å²) >= 11 is 1.34. The lowest BCUT2D eigenvalue weighted by Gasteiger charge is -2.14. The van der Waals surface area contributed by atoms with Gasteiger partial charge in [-0.1, -0.05) is 62.4 Å². The monoisotopic (exact) mass is 620 g/mol. The molecule has 0 aliphatic rings. The van der Waals surface area contributed by atoms with Gasteiger partial charge in [-0.05, 0) is 84.6 Å². The van der Waals surface area contributed by atoms with E-state index >= 15 is 0 Å². The molecule has 4 N–H and O–H groups in total. The molecule has 4 rings (SSSR count). The van der Waals surface area contributed by atoms with Crippen molar-refractivity contribution in [2.24, 2.45) is 0 Å². The molecule has 0 radical (unpaired) electrons. The summed E-state index contributed by atoms with van der Waals surface area (Å²) < 4.78 is 0. The van der Waals surface area contributed by atoms with E-state index in [4.69, 9.17) is 0 Å². The van der Waals surface area contributed by atoms with Crippen molar-refractivity contribution >= 4 is 58.5 Å². The van der Waals surface area contributed by atoms with Crippen molar-refractivity contribution in [1.82, 2.24) is 5.32 Å². The first kappa shape index (κ1) is 32.8. The molecular weight excluding hydrogens is 584 g/mol. The van der Waals surface area contributed by atoms with E-state index in [1.54, 1.807) is 79.7 Å². The summed E-state index contributed by atoms with van der Waals surface area (Å²) in [6, 6.07) is 30.6. The number of hydrogen-bond acceptors (Lipinski definition) is 5. The van der Waals surface area contributed by atoms with Crippen LogP contribution in [0, 0.1) is 0 Å². The van der Waals surface area contributed by atoms with Crippen molar-refractivity contribution in [3.63, 3.8) is 0 Å². The lowest BCUT2D eigenvalue weighted by molar-refractivity contribution is -0.115. The van der Waals surface area contributed by atoms with Crippen LogP contribution in [0.2, 0.25) is 0 Å². The second-order valence-electron chi connectivity index (χ2n) is 10.7. The highest BCUT2D eigenvalue weighted by atomic mass is 32.2. The average molecular weight is 621 g/mol. The highest BCUT2D eigenvalue weighted by Gasteiger charge is 2.18. The number of carbonyl (C=O) groups excluding carboxylic acids is 4. The highest BCUT2D eigenvalue weighted by Crippen LogP contribution is 2.27. The Labute approximate surface area is 267 Å². The maximum atomic E-state index is 13.5. The first-order valence-electron chi connectivity index (χ1n) is 14.5. The van der Waals surface area contributed by atoms with Gasteiger partial charge in [0.1, 0.15) is 5.70 Å². The number of rotatable bonds is 11. The first-order valence-corrected chi connectivity index (χ1v) is 15.4. The number of nitrogens with one attached hydrogen (secondary N) is 4. The largest absolute Gasteiger partial charge is 0.326 e. The van der Waals surface area contributed by atoms with E-state index in [-0.39, 0.29) is 17.5 Å². The lowest BCUT2D eigenvalue weighted by atomic mass is 10.0. The molecule has 4 aromatic rings. The predicted octanol–water partition coefficient (Wildman–Crippen LogP) is 7.30. The van der Waals surface area contributed by atoms with Crippen LogP contribution in [0.25, 0.3) is 6.08 Å². The molecule has 0 bridgehead atoms. The Morgan fingerprint density at radius 3 is 1.96 bits per heavy atom. The van der Waals surface area contributed by atoms with Gasteiger partial charge in [-0.25, -0.2) is 0 Å². The number of anilines is 3. The number of carbonyl (C=O) groups is 4. The van der Waals surface area contributed by atoms with Crippen LogP contribution in [0.4, 0.5) is 17.1 Å². The van der Waals surface area contributed by atoms with Crippen LogP contribution in [-0.2, 0) is 14.4 Å². The highest BCUT2D eigenvalue weighted by molar-refractivity contribution is 8.00. The summed E-state index contributed by atoms with van der Waals surface area (Å²) in [5, 5.41) is 10.8. The third-order valence-corrected chi connectivity index (χ3v) is 7.78. The molecule has 0 heterocycles. The fraction of sp³-hybridized carbons (Fsp3) is 0.167. The topological polar surface area (TPSA) is 116 Å². The van der Waals surface area contributed by atoms with E-state index in [0.717, 1.165) is 10.5 Å². The van der Waals surface area contributed by atoms with E-state index < -0.39 is 17.1 Å². The van der Waals surface area contributed by atoms with Crippen LogP contribution in [0.5, 0.6) is 0 Å². The predicted molar refractivity (Wildman–Crippen MR) is 182 cm³/mol. The van der Waals surface area contributed by atoms with Gasteiger partial charge >= 0.3 is 0 Å². The molecule has 9 heteroatoms. The van der Waals surface area contributed by atoms with Gasteiger partial charge in [0, 0.05) is 34.4 Å². The van der Waals surface area contributed by atoms with Crippen LogP contribution in [-0.4, -0.2) is 28.9 Å². The minimum absolute atomic E-state index is 0.0940. The molecule has 0 aliphatic carbocycles. The molecule has 0 aliphatic heterocycles. The third kappa shape index (κ3) is 9.94. The zero-order chi connectivity index (χ0) is 32.3. The van der Waals surface area contributed by atoms with Gasteiger partial charge in [0.15, 0.2) is 0 Å². The molecule has 0 saturated heterocycles. The van der Waals surface area contributed by atoms with Crippen LogP contribution in [0.15, 0.2) is 114 Å².